The van der Waals surface area contributed by atoms with Crippen molar-refractivity contribution in [1.82, 2.24) is 10.3 Å². The zero-order valence-electron chi connectivity index (χ0n) is 13.4. The molecule has 0 aliphatic heterocycles. The second kappa shape index (κ2) is 8.12. The smallest absolute Gasteiger partial charge is 0.251 e. The van der Waals surface area contributed by atoms with E-state index >= 15 is 0 Å². The van der Waals surface area contributed by atoms with Gasteiger partial charge in [-0.05, 0) is 31.9 Å². The van der Waals surface area contributed by atoms with Crippen molar-refractivity contribution in [3.8, 4) is 0 Å². The normalized spacial score (nSPS) is 13.8. The van der Waals surface area contributed by atoms with Crippen molar-refractivity contribution in [2.45, 2.75) is 38.9 Å². The third-order valence-electron chi connectivity index (χ3n) is 3.17. The van der Waals surface area contributed by atoms with E-state index in [9.17, 15) is 9.00 Å². The SMILES string of the molecule is CCNc1cc(C(=O)NCC(C)S(C)=O)cc(C(C)C)n1. The van der Waals surface area contributed by atoms with Crippen LogP contribution < -0.4 is 10.6 Å². The zero-order chi connectivity index (χ0) is 16.0. The van der Waals surface area contributed by atoms with Gasteiger partial charge in [0.25, 0.3) is 5.91 Å². The van der Waals surface area contributed by atoms with Crippen molar-refractivity contribution in [2.75, 3.05) is 24.7 Å². The summed E-state index contributed by atoms with van der Waals surface area (Å²) in [4.78, 5) is 16.7. The Morgan fingerprint density at radius 2 is 2.00 bits per heavy atom. The average molecular weight is 311 g/mol. The van der Waals surface area contributed by atoms with Gasteiger partial charge in [0.15, 0.2) is 0 Å². The molecule has 1 heterocycles. The largest absolute Gasteiger partial charge is 0.370 e. The van der Waals surface area contributed by atoms with E-state index in [1.54, 1.807) is 12.3 Å². The van der Waals surface area contributed by atoms with Crippen molar-refractivity contribution >= 4 is 22.5 Å². The minimum Gasteiger partial charge on any atom is -0.370 e. The summed E-state index contributed by atoms with van der Waals surface area (Å²) in [6, 6.07) is 3.56. The summed E-state index contributed by atoms with van der Waals surface area (Å²) in [6.07, 6.45) is 1.64. The summed E-state index contributed by atoms with van der Waals surface area (Å²) in [6.45, 7) is 9.08. The van der Waals surface area contributed by atoms with Gasteiger partial charge in [-0.2, -0.15) is 0 Å². The van der Waals surface area contributed by atoms with E-state index < -0.39 is 10.8 Å². The van der Waals surface area contributed by atoms with Crippen LogP contribution in [0.4, 0.5) is 5.82 Å². The highest BCUT2D eigenvalue weighted by molar-refractivity contribution is 7.84. The fourth-order valence-electron chi connectivity index (χ4n) is 1.71. The number of nitrogens with one attached hydrogen (secondary N) is 2. The molecule has 0 aliphatic carbocycles. The standard InChI is InChI=1S/C15H25N3O2S/c1-6-16-14-8-12(7-13(18-14)10(2)3)15(19)17-9-11(4)21(5)20/h7-8,10-11H,6,9H2,1-5H3,(H,16,18)(H,17,19). The molecule has 2 unspecified atom stereocenters. The van der Waals surface area contributed by atoms with Crippen LogP contribution in [-0.2, 0) is 10.8 Å². The predicted octanol–water partition coefficient (Wildman–Crippen LogP) is 2.13. The molecule has 0 bridgehead atoms. The van der Waals surface area contributed by atoms with Gasteiger partial charge < -0.3 is 10.6 Å². The molecule has 2 atom stereocenters. The Morgan fingerprint density at radius 3 is 2.52 bits per heavy atom. The van der Waals surface area contributed by atoms with Crippen LogP contribution in [-0.4, -0.2) is 39.7 Å². The summed E-state index contributed by atoms with van der Waals surface area (Å²) < 4.78 is 11.3. The van der Waals surface area contributed by atoms with Gasteiger partial charge >= 0.3 is 0 Å². The first-order valence-corrected chi connectivity index (χ1v) is 8.83. The van der Waals surface area contributed by atoms with Crippen molar-refractivity contribution in [3.63, 3.8) is 0 Å². The molecule has 2 N–H and O–H groups in total. The Balaban J connectivity index is 2.89. The van der Waals surface area contributed by atoms with Crippen molar-refractivity contribution in [2.24, 2.45) is 0 Å². The Kier molecular flexibility index (Phi) is 6.81. The molecule has 0 saturated carbocycles. The molecule has 1 aromatic heterocycles. The Hall–Kier alpha value is -1.43. The molecule has 21 heavy (non-hydrogen) atoms. The number of hydrogen-bond acceptors (Lipinski definition) is 4. The lowest BCUT2D eigenvalue weighted by atomic mass is 10.1. The number of anilines is 1. The average Bonchev–Trinajstić information content (AvgIpc) is 2.44. The summed E-state index contributed by atoms with van der Waals surface area (Å²) in [7, 11) is -0.942. The van der Waals surface area contributed by atoms with Crippen LogP contribution in [0, 0.1) is 0 Å². The molecule has 1 amide bonds. The van der Waals surface area contributed by atoms with Crippen LogP contribution in [0.1, 0.15) is 49.7 Å². The second-order valence-electron chi connectivity index (χ2n) is 5.37. The predicted molar refractivity (Wildman–Crippen MR) is 88.4 cm³/mol. The number of pyridine rings is 1. The number of hydrogen-bond donors (Lipinski definition) is 2. The number of carbonyl (C=O) groups is 1. The number of amides is 1. The molecule has 1 aromatic rings. The first-order chi connectivity index (χ1) is 9.85. The molecule has 0 spiro atoms. The number of carbonyl (C=O) groups excluding carboxylic acids is 1. The lowest BCUT2D eigenvalue weighted by molar-refractivity contribution is 0.0954. The van der Waals surface area contributed by atoms with E-state index in [2.05, 4.69) is 15.6 Å². The lowest BCUT2D eigenvalue weighted by Crippen LogP contribution is -2.32. The molecule has 0 aliphatic rings. The number of aromatic nitrogens is 1. The fraction of sp³-hybridized carbons (Fsp3) is 0.600. The third kappa shape index (κ3) is 5.46. The van der Waals surface area contributed by atoms with Gasteiger partial charge in [-0.15, -0.1) is 0 Å². The van der Waals surface area contributed by atoms with Gasteiger partial charge in [0.1, 0.15) is 5.82 Å². The molecule has 118 valence electrons. The van der Waals surface area contributed by atoms with E-state index in [-0.39, 0.29) is 17.1 Å². The van der Waals surface area contributed by atoms with E-state index in [1.165, 1.54) is 0 Å². The second-order valence-corrected chi connectivity index (χ2v) is 7.17. The molecule has 1 rings (SSSR count). The summed E-state index contributed by atoms with van der Waals surface area (Å²) in [5.41, 5.74) is 1.46. The molecule has 0 fully saturated rings. The van der Waals surface area contributed by atoms with Crippen molar-refractivity contribution in [1.29, 1.82) is 0 Å². The minimum atomic E-state index is -0.942. The van der Waals surface area contributed by atoms with Gasteiger partial charge in [-0.3, -0.25) is 9.00 Å². The Bertz CT molecular complexity index is 518. The van der Waals surface area contributed by atoms with Gasteiger partial charge in [0.2, 0.25) is 0 Å². The summed E-state index contributed by atoms with van der Waals surface area (Å²) >= 11 is 0. The first-order valence-electron chi connectivity index (χ1n) is 7.21. The van der Waals surface area contributed by atoms with Gasteiger partial charge in [-0.1, -0.05) is 13.8 Å². The first kappa shape index (κ1) is 17.6. The van der Waals surface area contributed by atoms with E-state index in [1.807, 2.05) is 33.8 Å². The van der Waals surface area contributed by atoms with Crippen LogP contribution in [0.3, 0.4) is 0 Å². The van der Waals surface area contributed by atoms with Gasteiger partial charge in [-0.25, -0.2) is 4.98 Å². The molecular weight excluding hydrogens is 286 g/mol. The zero-order valence-corrected chi connectivity index (χ0v) is 14.2. The van der Waals surface area contributed by atoms with Crippen LogP contribution >= 0.6 is 0 Å². The maximum Gasteiger partial charge on any atom is 0.251 e. The minimum absolute atomic E-state index is 0.0615. The third-order valence-corrected chi connectivity index (χ3v) is 4.47. The number of nitrogens with zero attached hydrogens (tertiary/aromatic N) is 1. The highest BCUT2D eigenvalue weighted by atomic mass is 32.2. The van der Waals surface area contributed by atoms with Crippen molar-refractivity contribution in [3.05, 3.63) is 23.4 Å². The topological polar surface area (TPSA) is 71.1 Å². The van der Waals surface area contributed by atoms with Crippen molar-refractivity contribution < 1.29 is 9.00 Å². The van der Waals surface area contributed by atoms with Crippen LogP contribution in [0.25, 0.3) is 0 Å². The summed E-state index contributed by atoms with van der Waals surface area (Å²) in [5.74, 6) is 0.800. The molecule has 0 saturated heterocycles. The maximum atomic E-state index is 12.2. The summed E-state index contributed by atoms with van der Waals surface area (Å²) in [5, 5.41) is 5.91. The van der Waals surface area contributed by atoms with Crippen LogP contribution in [0.2, 0.25) is 0 Å². The molecule has 6 heteroatoms. The van der Waals surface area contributed by atoms with E-state index in [0.29, 0.717) is 17.9 Å². The fourth-order valence-corrected chi connectivity index (χ4v) is 2.02. The lowest BCUT2D eigenvalue weighted by Gasteiger charge is -2.13. The van der Waals surface area contributed by atoms with Gasteiger partial charge in [0.05, 0.1) is 0 Å². The monoisotopic (exact) mass is 311 g/mol. The number of rotatable bonds is 7. The molecule has 5 nitrogen and oxygen atoms in total. The molecule has 0 radical (unpaired) electrons. The van der Waals surface area contributed by atoms with Crippen LogP contribution in [0.5, 0.6) is 0 Å². The highest BCUT2D eigenvalue weighted by Gasteiger charge is 2.13. The maximum absolute atomic E-state index is 12.2. The molecule has 0 aromatic carbocycles. The molecular formula is C15H25N3O2S. The Morgan fingerprint density at radius 1 is 1.33 bits per heavy atom. The quantitative estimate of drug-likeness (QED) is 0.809. The van der Waals surface area contributed by atoms with E-state index in [0.717, 1.165) is 12.2 Å². The van der Waals surface area contributed by atoms with Gasteiger partial charge in [0, 0.05) is 46.7 Å². The Labute approximate surface area is 129 Å². The highest BCUT2D eigenvalue weighted by Crippen LogP contribution is 2.17. The van der Waals surface area contributed by atoms with E-state index in [4.69, 9.17) is 0 Å². The van der Waals surface area contributed by atoms with Crippen LogP contribution in [0.15, 0.2) is 12.1 Å².